The molecule has 2 atom stereocenters. The van der Waals surface area contributed by atoms with Gasteiger partial charge in [0.1, 0.15) is 5.82 Å². The first-order chi connectivity index (χ1) is 20.2. The number of allylic oxidation sites excluding steroid dienone is 2. The molecule has 6 rings (SSSR count). The van der Waals surface area contributed by atoms with Crippen molar-refractivity contribution >= 4 is 51.8 Å². The van der Waals surface area contributed by atoms with Crippen LogP contribution in [0.2, 0.25) is 5.02 Å². The summed E-state index contributed by atoms with van der Waals surface area (Å²) in [4.78, 5) is 57.8. The maximum atomic E-state index is 13.3. The number of ether oxygens (including phenoxy) is 1. The molecule has 0 spiro atoms. The van der Waals surface area contributed by atoms with E-state index in [-0.39, 0.29) is 34.8 Å². The Balaban J connectivity index is 1.31. The number of pyridine rings is 1. The van der Waals surface area contributed by atoms with Crippen molar-refractivity contribution in [2.75, 3.05) is 11.5 Å². The van der Waals surface area contributed by atoms with Crippen LogP contribution in [-0.4, -0.2) is 35.2 Å². The quantitative estimate of drug-likeness (QED) is 0.111. The minimum absolute atomic E-state index is 0.187. The minimum atomic E-state index is -0.734. The molecular weight excluding hydrogens is 559 g/mol. The third-order valence-electron chi connectivity index (χ3n) is 7.82. The molecule has 2 amide bonds. The Morgan fingerprint density at radius 2 is 1.60 bits per heavy atom. The molecule has 0 saturated carbocycles. The number of amides is 2. The van der Waals surface area contributed by atoms with Crippen molar-refractivity contribution in [2.24, 2.45) is 11.8 Å². The van der Waals surface area contributed by atoms with Gasteiger partial charge in [0.2, 0.25) is 11.8 Å². The predicted octanol–water partition coefficient (Wildman–Crippen LogP) is 6.50. The summed E-state index contributed by atoms with van der Waals surface area (Å²) in [5.74, 6) is -2.75. The molecule has 1 fully saturated rings. The lowest BCUT2D eigenvalue weighted by Gasteiger charge is -2.16. The summed E-state index contributed by atoms with van der Waals surface area (Å²) in [6.07, 6.45) is 5.00. The summed E-state index contributed by atoms with van der Waals surface area (Å²) >= 11 is 6.37. The van der Waals surface area contributed by atoms with Crippen molar-refractivity contribution in [2.45, 2.75) is 19.8 Å². The average molecular weight is 583 g/mol. The molecule has 7 nitrogen and oxygen atoms in total. The van der Waals surface area contributed by atoms with Crippen LogP contribution in [0.25, 0.3) is 22.2 Å². The smallest absolute Gasteiger partial charge is 0.339 e. The number of carbonyl (C=O) groups is 4. The first kappa shape index (κ1) is 27.5. The fraction of sp³-hybridized carbons (Fsp3) is 0.182. The number of esters is 1. The van der Waals surface area contributed by atoms with Gasteiger partial charge in [-0.2, -0.15) is 0 Å². The van der Waals surface area contributed by atoms with Crippen LogP contribution in [0, 0.1) is 24.6 Å². The van der Waals surface area contributed by atoms with Crippen LogP contribution >= 0.6 is 11.6 Å². The molecule has 4 aromatic rings. The zero-order chi connectivity index (χ0) is 29.5. The van der Waals surface area contributed by atoms with Gasteiger partial charge < -0.3 is 4.74 Å². The van der Waals surface area contributed by atoms with Gasteiger partial charge in [0, 0.05) is 21.5 Å². The molecular formula is C33H24ClFN2O5. The standard InChI is InChI=1S/C33H24ClFN2O5/c1-18-27(34)15-14-23-26(33(41)42-17-29(38)20-6-10-21(35)11-7-20)16-28(36-30(18)23)19-8-12-22(13-9-19)37-31(39)24-4-2-3-5-25(24)32(37)40/h2-3,6-16,24-25H,4-5,17H2,1H3. The number of ketones is 1. The van der Waals surface area contributed by atoms with Crippen molar-refractivity contribution < 1.29 is 28.3 Å². The van der Waals surface area contributed by atoms with Crippen LogP contribution in [0.4, 0.5) is 10.1 Å². The lowest BCUT2D eigenvalue weighted by molar-refractivity contribution is -0.122. The predicted molar refractivity (Wildman–Crippen MR) is 156 cm³/mol. The molecule has 2 aliphatic rings. The van der Waals surface area contributed by atoms with Crippen LogP contribution in [0.15, 0.2) is 78.9 Å². The summed E-state index contributed by atoms with van der Waals surface area (Å²) in [6.45, 7) is 1.26. The number of carbonyl (C=O) groups excluding carboxylic acids is 4. The van der Waals surface area contributed by atoms with E-state index in [1.165, 1.54) is 17.0 Å². The number of Topliss-reactive ketones (excluding diaryl/α,β-unsaturated/α-hetero) is 1. The van der Waals surface area contributed by atoms with E-state index in [0.717, 1.165) is 12.1 Å². The normalized spacial score (nSPS) is 17.9. The number of anilines is 1. The molecule has 1 aliphatic carbocycles. The molecule has 0 radical (unpaired) electrons. The molecule has 210 valence electrons. The average Bonchev–Trinajstić information content (AvgIpc) is 3.27. The molecule has 2 heterocycles. The van der Waals surface area contributed by atoms with E-state index in [9.17, 15) is 23.6 Å². The van der Waals surface area contributed by atoms with Crippen LogP contribution < -0.4 is 4.90 Å². The van der Waals surface area contributed by atoms with E-state index >= 15 is 0 Å². The van der Waals surface area contributed by atoms with Gasteiger partial charge in [-0.1, -0.05) is 42.0 Å². The number of nitrogens with zero attached hydrogens (tertiary/aromatic N) is 2. The molecule has 1 saturated heterocycles. The second-order valence-electron chi connectivity index (χ2n) is 10.3. The monoisotopic (exact) mass is 582 g/mol. The topological polar surface area (TPSA) is 93.6 Å². The molecule has 3 aromatic carbocycles. The second-order valence-corrected chi connectivity index (χ2v) is 10.8. The minimum Gasteiger partial charge on any atom is -0.454 e. The van der Waals surface area contributed by atoms with E-state index in [1.807, 2.05) is 12.2 Å². The summed E-state index contributed by atoms with van der Waals surface area (Å²) in [6, 6.07) is 16.7. The van der Waals surface area contributed by atoms with Gasteiger partial charge in [0.05, 0.1) is 34.3 Å². The Morgan fingerprint density at radius 1 is 0.952 bits per heavy atom. The number of imide groups is 1. The van der Waals surface area contributed by atoms with E-state index in [1.54, 1.807) is 49.4 Å². The number of aryl methyl sites for hydroxylation is 1. The molecule has 0 bridgehead atoms. The van der Waals surface area contributed by atoms with Crippen molar-refractivity contribution in [1.82, 2.24) is 4.98 Å². The number of hydrogen-bond donors (Lipinski definition) is 0. The second kappa shape index (κ2) is 10.9. The highest BCUT2D eigenvalue weighted by Crippen LogP contribution is 2.38. The first-order valence-corrected chi connectivity index (χ1v) is 13.8. The third kappa shape index (κ3) is 4.88. The van der Waals surface area contributed by atoms with Crippen molar-refractivity contribution in [3.63, 3.8) is 0 Å². The van der Waals surface area contributed by atoms with Gasteiger partial charge in [-0.15, -0.1) is 0 Å². The summed E-state index contributed by atoms with van der Waals surface area (Å²) in [5.41, 5.74) is 3.10. The van der Waals surface area contributed by atoms with E-state index < -0.39 is 24.2 Å². The Bertz CT molecular complexity index is 1770. The van der Waals surface area contributed by atoms with Gasteiger partial charge in [0.25, 0.3) is 0 Å². The highest BCUT2D eigenvalue weighted by atomic mass is 35.5. The van der Waals surface area contributed by atoms with Crippen molar-refractivity contribution in [3.05, 3.63) is 106 Å². The van der Waals surface area contributed by atoms with Gasteiger partial charge in [-0.05, 0) is 73.9 Å². The summed E-state index contributed by atoms with van der Waals surface area (Å²) in [5, 5.41) is 0.969. The molecule has 0 N–H and O–H groups in total. The van der Waals surface area contributed by atoms with Crippen LogP contribution in [0.3, 0.4) is 0 Å². The first-order valence-electron chi connectivity index (χ1n) is 13.4. The van der Waals surface area contributed by atoms with Crippen molar-refractivity contribution in [1.29, 1.82) is 0 Å². The highest BCUT2D eigenvalue weighted by molar-refractivity contribution is 6.32. The number of halogens is 2. The maximum Gasteiger partial charge on any atom is 0.339 e. The van der Waals surface area contributed by atoms with Gasteiger partial charge >= 0.3 is 5.97 Å². The van der Waals surface area contributed by atoms with E-state index in [0.29, 0.717) is 51.3 Å². The van der Waals surface area contributed by atoms with Crippen LogP contribution in [-0.2, 0) is 14.3 Å². The molecule has 42 heavy (non-hydrogen) atoms. The maximum absolute atomic E-state index is 13.3. The Hall–Kier alpha value is -4.69. The number of aromatic nitrogens is 1. The molecule has 1 aromatic heterocycles. The fourth-order valence-electron chi connectivity index (χ4n) is 5.48. The lowest BCUT2D eigenvalue weighted by Crippen LogP contribution is -2.30. The SMILES string of the molecule is Cc1c(Cl)ccc2c(C(=O)OCC(=O)c3ccc(F)cc3)cc(-c3ccc(N4C(=O)C5CC=CCC5C4=O)cc3)nc12. The lowest BCUT2D eigenvalue weighted by atomic mass is 9.85. The Labute approximate surface area is 245 Å². The Morgan fingerprint density at radius 3 is 2.24 bits per heavy atom. The number of hydrogen-bond acceptors (Lipinski definition) is 6. The van der Waals surface area contributed by atoms with Crippen LogP contribution in [0.1, 0.15) is 39.1 Å². The molecule has 2 unspecified atom stereocenters. The summed E-state index contributed by atoms with van der Waals surface area (Å²) < 4.78 is 18.6. The van der Waals surface area contributed by atoms with Gasteiger partial charge in [0.15, 0.2) is 12.4 Å². The zero-order valence-corrected chi connectivity index (χ0v) is 23.2. The number of benzene rings is 3. The third-order valence-corrected chi connectivity index (χ3v) is 8.23. The van der Waals surface area contributed by atoms with Gasteiger partial charge in [-0.3, -0.25) is 19.3 Å². The van der Waals surface area contributed by atoms with Crippen molar-refractivity contribution in [3.8, 4) is 11.3 Å². The number of fused-ring (bicyclic) bond motifs is 2. The Kier molecular flexibility index (Phi) is 7.16. The van der Waals surface area contributed by atoms with Crippen LogP contribution in [0.5, 0.6) is 0 Å². The fourth-order valence-corrected chi connectivity index (χ4v) is 5.64. The molecule has 1 aliphatic heterocycles. The highest BCUT2D eigenvalue weighted by Gasteiger charge is 2.47. The van der Waals surface area contributed by atoms with Gasteiger partial charge in [-0.25, -0.2) is 14.2 Å². The molecule has 9 heteroatoms. The number of rotatable bonds is 6. The largest absolute Gasteiger partial charge is 0.454 e. The van der Waals surface area contributed by atoms with E-state index in [2.05, 4.69) is 0 Å². The zero-order valence-electron chi connectivity index (χ0n) is 22.5. The summed E-state index contributed by atoms with van der Waals surface area (Å²) in [7, 11) is 0. The van der Waals surface area contributed by atoms with E-state index in [4.69, 9.17) is 21.3 Å².